The Morgan fingerprint density at radius 2 is 1.25 bits per heavy atom. The predicted molar refractivity (Wildman–Crippen MR) is 23.6 cm³/mol. The number of rotatable bonds is 0. The normalized spacial score (nSPS) is 3.00. The molecule has 0 heterocycles. The zero-order valence-electron chi connectivity index (χ0n) is 5.00. The first-order valence-electron chi connectivity index (χ1n) is 1.22. The van der Waals surface area contributed by atoms with Crippen molar-refractivity contribution >= 4 is 0 Å². The Morgan fingerprint density at radius 3 is 1.25 bits per heavy atom. The van der Waals surface area contributed by atoms with Crippen LogP contribution in [0.4, 0.5) is 0 Å². The van der Waals surface area contributed by atoms with Gasteiger partial charge in [-0.25, -0.2) is 0 Å². The summed E-state index contributed by atoms with van der Waals surface area (Å²) in [6.45, 7) is 1.93. The summed E-state index contributed by atoms with van der Waals surface area (Å²) in [6.07, 6.45) is 0. The van der Waals surface area contributed by atoms with Crippen molar-refractivity contribution in [2.24, 2.45) is 0 Å². The third kappa shape index (κ3) is 357. The Morgan fingerprint density at radius 1 is 1.25 bits per heavy atom. The van der Waals surface area contributed by atoms with E-state index in [0.717, 1.165) is 0 Å². The summed E-state index contributed by atoms with van der Waals surface area (Å²) < 4.78 is 0. The van der Waals surface area contributed by atoms with E-state index in [2.05, 4.69) is 0 Å². The summed E-state index contributed by atoms with van der Waals surface area (Å²) >= 11 is 0. The SMILES string of the molecule is CCO.O.OO.[Na+].[OH-]. The van der Waals surface area contributed by atoms with Gasteiger partial charge in [0.05, 0.1) is 0 Å². The quantitative estimate of drug-likeness (QED) is 0.179. The van der Waals surface area contributed by atoms with Crippen LogP contribution >= 0.6 is 0 Å². The van der Waals surface area contributed by atoms with Crippen molar-refractivity contribution in [2.75, 3.05) is 6.61 Å². The maximum absolute atomic E-state index is 7.57. The number of aliphatic hydroxyl groups excluding tert-OH is 1. The van der Waals surface area contributed by atoms with Gasteiger partial charge in [0.15, 0.2) is 0 Å². The molecule has 0 spiro atoms. The predicted octanol–water partition coefficient (Wildman–Crippen LogP) is -3.98. The number of hydrogen-bond acceptors (Lipinski definition) is 4. The van der Waals surface area contributed by atoms with Crippen LogP contribution in [0.25, 0.3) is 0 Å². The molecule has 0 saturated carbocycles. The molecule has 8 heavy (non-hydrogen) atoms. The van der Waals surface area contributed by atoms with Gasteiger partial charge in [0.1, 0.15) is 0 Å². The molecule has 0 atom stereocenters. The summed E-state index contributed by atoms with van der Waals surface area (Å²) in [6, 6.07) is 0. The van der Waals surface area contributed by atoms with E-state index in [1.165, 1.54) is 0 Å². The van der Waals surface area contributed by atoms with Crippen molar-refractivity contribution < 1.29 is 56.1 Å². The van der Waals surface area contributed by atoms with Gasteiger partial charge < -0.3 is 16.1 Å². The third-order valence-electron chi connectivity index (χ3n) is 0. The van der Waals surface area contributed by atoms with Crippen LogP contribution in [0.15, 0.2) is 0 Å². The Bertz CT molecular complexity index is 10.4. The Labute approximate surface area is 69.8 Å². The molecule has 0 aromatic heterocycles. The standard InChI is InChI=1S/C2H6O.Na.H2O2.2H2O/c1-2-3;;1-2;;/h3H,2H2,1H3;;1-2H;2*1H2/q;+1;;;/p-1. The zero-order chi connectivity index (χ0) is 4.71. The van der Waals surface area contributed by atoms with Crippen LogP contribution < -0.4 is 29.6 Å². The monoisotopic (exact) mass is 138 g/mol. The molecule has 0 aliphatic rings. The maximum Gasteiger partial charge on any atom is 1.00 e. The largest absolute Gasteiger partial charge is 1.00 e. The minimum absolute atomic E-state index is 0. The van der Waals surface area contributed by atoms with E-state index in [-0.39, 0.29) is 47.1 Å². The van der Waals surface area contributed by atoms with Crippen LogP contribution in [0.3, 0.4) is 0 Å². The van der Waals surface area contributed by atoms with Crippen molar-refractivity contribution in [3.8, 4) is 0 Å². The second-order valence-electron chi connectivity index (χ2n) is 0.316. The summed E-state index contributed by atoms with van der Waals surface area (Å²) in [5, 5.41) is 19.6. The van der Waals surface area contributed by atoms with Gasteiger partial charge in [-0.15, -0.1) is 0 Å². The maximum atomic E-state index is 7.57. The van der Waals surface area contributed by atoms with Crippen molar-refractivity contribution in [1.29, 1.82) is 0 Å². The zero-order valence-corrected chi connectivity index (χ0v) is 7.00. The van der Waals surface area contributed by atoms with Crippen molar-refractivity contribution in [1.82, 2.24) is 0 Å². The molecule has 5 nitrogen and oxygen atoms in total. The summed E-state index contributed by atoms with van der Waals surface area (Å²) in [5.74, 6) is 0. The van der Waals surface area contributed by atoms with Crippen LogP contribution in [-0.2, 0) is 0 Å². The van der Waals surface area contributed by atoms with Gasteiger partial charge in [0.2, 0.25) is 0 Å². The molecule has 0 aromatic carbocycles. The third-order valence-corrected chi connectivity index (χ3v) is 0. The molecule has 0 amide bonds. The first-order valence-corrected chi connectivity index (χ1v) is 1.22. The van der Waals surface area contributed by atoms with Gasteiger partial charge in [0, 0.05) is 6.61 Å². The molecule has 50 valence electrons. The van der Waals surface area contributed by atoms with Crippen LogP contribution in [-0.4, -0.2) is 33.2 Å². The summed E-state index contributed by atoms with van der Waals surface area (Å²) in [7, 11) is 0. The summed E-state index contributed by atoms with van der Waals surface area (Å²) in [5.41, 5.74) is 0. The minimum atomic E-state index is 0. The van der Waals surface area contributed by atoms with Gasteiger partial charge in [0.25, 0.3) is 0 Å². The fourth-order valence-corrected chi connectivity index (χ4v) is 0. The molecule has 0 fully saturated rings. The average Bonchev–Trinajstić information content (AvgIpc) is 1.46. The Kier molecular flexibility index (Phi) is 516. The van der Waals surface area contributed by atoms with Gasteiger partial charge in [-0.2, -0.15) is 0 Å². The van der Waals surface area contributed by atoms with E-state index >= 15 is 0 Å². The minimum Gasteiger partial charge on any atom is -0.870 e. The molecular formula is C2H11NaO5. The van der Waals surface area contributed by atoms with Crippen molar-refractivity contribution in [3.63, 3.8) is 0 Å². The van der Waals surface area contributed by atoms with E-state index < -0.39 is 0 Å². The van der Waals surface area contributed by atoms with Gasteiger partial charge in [-0.1, -0.05) is 0 Å². The fourth-order valence-electron chi connectivity index (χ4n) is 0. The van der Waals surface area contributed by atoms with E-state index in [9.17, 15) is 0 Å². The molecule has 0 bridgehead atoms. The van der Waals surface area contributed by atoms with Crippen molar-refractivity contribution in [2.45, 2.75) is 6.92 Å². The van der Waals surface area contributed by atoms with Crippen LogP contribution in [0.2, 0.25) is 0 Å². The molecule has 0 unspecified atom stereocenters. The van der Waals surface area contributed by atoms with E-state index in [0.29, 0.717) is 0 Å². The van der Waals surface area contributed by atoms with Gasteiger partial charge in [-0.05, 0) is 6.92 Å². The molecule has 6 N–H and O–H groups in total. The number of aliphatic hydroxyl groups is 1. The van der Waals surface area contributed by atoms with Crippen LogP contribution in [0.5, 0.6) is 0 Å². The van der Waals surface area contributed by atoms with E-state index in [1.807, 2.05) is 0 Å². The smallest absolute Gasteiger partial charge is 0.870 e. The van der Waals surface area contributed by atoms with E-state index in [4.69, 9.17) is 15.6 Å². The Balaban J connectivity index is -0.00000000567. The first-order chi connectivity index (χ1) is 2.41. The Hall–Kier alpha value is 0.800. The van der Waals surface area contributed by atoms with Gasteiger partial charge >= 0.3 is 29.6 Å². The van der Waals surface area contributed by atoms with Gasteiger partial charge in [-0.3, -0.25) is 10.5 Å². The molecule has 6 heteroatoms. The van der Waals surface area contributed by atoms with Crippen molar-refractivity contribution in [3.05, 3.63) is 0 Å². The molecule has 0 aromatic rings. The molecule has 0 radical (unpaired) electrons. The molecular weight excluding hydrogens is 127 g/mol. The number of hydrogen-bond donors (Lipinski definition) is 3. The second kappa shape index (κ2) is 111. The average molecular weight is 138 g/mol. The molecule has 0 rings (SSSR count). The molecule has 0 aliphatic heterocycles. The second-order valence-corrected chi connectivity index (χ2v) is 0.316. The fraction of sp³-hybridized carbons (Fsp3) is 1.00. The first kappa shape index (κ1) is 37.1. The molecule has 0 aliphatic carbocycles. The van der Waals surface area contributed by atoms with E-state index in [1.54, 1.807) is 6.92 Å². The topological polar surface area (TPSA) is 122 Å². The molecule has 0 saturated heterocycles. The summed E-state index contributed by atoms with van der Waals surface area (Å²) in [4.78, 5) is 0. The van der Waals surface area contributed by atoms with Crippen LogP contribution in [0, 0.1) is 0 Å². The van der Waals surface area contributed by atoms with Crippen LogP contribution in [0.1, 0.15) is 6.92 Å².